The van der Waals surface area contributed by atoms with Crippen LogP contribution in [-0.4, -0.2) is 41.8 Å². The fourth-order valence-electron chi connectivity index (χ4n) is 2.92. The number of piperidine rings is 1. The second-order valence-electron chi connectivity index (χ2n) is 6.50. The van der Waals surface area contributed by atoms with E-state index >= 15 is 0 Å². The largest absolute Gasteiger partial charge is 0.460 e. The average Bonchev–Trinajstić information content (AvgIpc) is 2.65. The molecule has 1 aliphatic heterocycles. The lowest BCUT2D eigenvalue weighted by Crippen LogP contribution is -2.40. The van der Waals surface area contributed by atoms with Gasteiger partial charge in [-0.05, 0) is 12.8 Å². The molecule has 1 aromatic carbocycles. The van der Waals surface area contributed by atoms with Gasteiger partial charge in [0.1, 0.15) is 24.7 Å². The molecule has 2 rings (SSSR count). The van der Waals surface area contributed by atoms with Crippen LogP contribution in [0.25, 0.3) is 0 Å². The van der Waals surface area contributed by atoms with Gasteiger partial charge in [-0.15, -0.1) is 0 Å². The Morgan fingerprint density at radius 3 is 2.48 bits per heavy atom. The smallest absolute Gasteiger partial charge is 0.313 e. The third-order valence-corrected chi connectivity index (χ3v) is 4.45. The maximum atomic E-state index is 14.6. The number of nitrogens with one attached hydrogen (secondary N) is 1. The van der Waals surface area contributed by atoms with E-state index in [4.69, 9.17) is 20.6 Å². The molecule has 1 saturated heterocycles. The molecule has 0 unspecified atom stereocenters. The SMILES string of the molecule is CCC(=O)N1CCC(OCc2cccc(COC(=O)CC(=N)N)c2F)CC1. The van der Waals surface area contributed by atoms with Gasteiger partial charge in [0.15, 0.2) is 0 Å². The first kappa shape index (κ1) is 20.8. The number of hydrogen-bond donors (Lipinski definition) is 2. The van der Waals surface area contributed by atoms with E-state index < -0.39 is 11.8 Å². The van der Waals surface area contributed by atoms with Gasteiger partial charge in [-0.25, -0.2) is 4.39 Å². The molecule has 0 saturated carbocycles. The summed E-state index contributed by atoms with van der Waals surface area (Å²) in [5, 5.41) is 7.05. The van der Waals surface area contributed by atoms with Crippen molar-refractivity contribution in [2.45, 2.75) is 51.9 Å². The highest BCUT2D eigenvalue weighted by Crippen LogP contribution is 2.19. The fourth-order valence-corrected chi connectivity index (χ4v) is 2.92. The Morgan fingerprint density at radius 1 is 1.26 bits per heavy atom. The molecule has 1 heterocycles. The van der Waals surface area contributed by atoms with Gasteiger partial charge in [0.2, 0.25) is 5.91 Å². The minimum Gasteiger partial charge on any atom is -0.460 e. The summed E-state index contributed by atoms with van der Waals surface area (Å²) in [5.41, 5.74) is 5.77. The van der Waals surface area contributed by atoms with Gasteiger partial charge in [0.05, 0.1) is 12.7 Å². The van der Waals surface area contributed by atoms with Gasteiger partial charge in [0, 0.05) is 30.6 Å². The lowest BCUT2D eigenvalue weighted by molar-refractivity contribution is -0.143. The van der Waals surface area contributed by atoms with Crippen LogP contribution < -0.4 is 5.73 Å². The summed E-state index contributed by atoms with van der Waals surface area (Å²) in [6.07, 6.45) is 1.64. The van der Waals surface area contributed by atoms with Crippen LogP contribution in [0.5, 0.6) is 0 Å². The fraction of sp³-hybridized carbons (Fsp3) is 0.526. The summed E-state index contributed by atoms with van der Waals surface area (Å²) in [6.45, 7) is 3.06. The van der Waals surface area contributed by atoms with E-state index in [0.717, 1.165) is 12.8 Å². The number of carbonyl (C=O) groups is 2. The number of rotatable bonds is 8. The standard InChI is InChI=1S/C19H26FN3O4/c1-2-17(24)23-8-6-15(7-9-23)26-11-13-4-3-5-14(19(13)20)12-27-18(25)10-16(21)22/h3-5,15H,2,6-12H2,1H3,(H3,21,22). The molecular weight excluding hydrogens is 353 g/mol. The average molecular weight is 379 g/mol. The number of likely N-dealkylation sites (tertiary alicyclic amines) is 1. The third kappa shape index (κ3) is 6.32. The Bertz CT molecular complexity index is 688. The molecule has 1 aromatic rings. The molecule has 0 aromatic heterocycles. The number of carbonyl (C=O) groups excluding carboxylic acids is 2. The minimum absolute atomic E-state index is 0.0117. The molecule has 7 nitrogen and oxygen atoms in total. The first-order chi connectivity index (χ1) is 12.9. The summed E-state index contributed by atoms with van der Waals surface area (Å²) in [7, 11) is 0. The second kappa shape index (κ2) is 10.0. The monoisotopic (exact) mass is 379 g/mol. The van der Waals surface area contributed by atoms with E-state index in [1.54, 1.807) is 12.1 Å². The van der Waals surface area contributed by atoms with E-state index in [2.05, 4.69) is 0 Å². The van der Waals surface area contributed by atoms with Crippen molar-refractivity contribution in [2.24, 2.45) is 5.73 Å². The van der Waals surface area contributed by atoms with Crippen LogP contribution in [0.15, 0.2) is 18.2 Å². The van der Waals surface area contributed by atoms with E-state index in [9.17, 15) is 14.0 Å². The minimum atomic E-state index is -0.670. The van der Waals surface area contributed by atoms with Crippen molar-refractivity contribution in [3.05, 3.63) is 35.1 Å². The number of amidine groups is 1. The van der Waals surface area contributed by atoms with Crippen LogP contribution in [-0.2, 0) is 32.3 Å². The molecule has 0 atom stereocenters. The summed E-state index contributed by atoms with van der Waals surface area (Å²) < 4.78 is 25.3. The van der Waals surface area contributed by atoms with Crippen LogP contribution in [0, 0.1) is 11.2 Å². The van der Waals surface area contributed by atoms with Gasteiger partial charge in [-0.1, -0.05) is 25.1 Å². The number of nitrogens with two attached hydrogens (primary N) is 1. The van der Waals surface area contributed by atoms with Gasteiger partial charge >= 0.3 is 5.97 Å². The first-order valence-corrected chi connectivity index (χ1v) is 9.04. The van der Waals surface area contributed by atoms with Gasteiger partial charge in [-0.2, -0.15) is 0 Å². The zero-order valence-electron chi connectivity index (χ0n) is 15.5. The highest BCUT2D eigenvalue weighted by Gasteiger charge is 2.22. The predicted octanol–water partition coefficient (Wildman–Crippen LogP) is 2.11. The molecule has 1 fully saturated rings. The van der Waals surface area contributed by atoms with Crippen molar-refractivity contribution in [3.63, 3.8) is 0 Å². The molecule has 1 amide bonds. The Kier molecular flexibility index (Phi) is 7.72. The van der Waals surface area contributed by atoms with E-state index in [1.807, 2.05) is 11.8 Å². The first-order valence-electron chi connectivity index (χ1n) is 9.04. The number of esters is 1. The number of benzene rings is 1. The highest BCUT2D eigenvalue weighted by molar-refractivity contribution is 5.94. The molecule has 3 N–H and O–H groups in total. The van der Waals surface area contributed by atoms with Crippen molar-refractivity contribution in [1.82, 2.24) is 4.90 Å². The van der Waals surface area contributed by atoms with Gasteiger partial charge < -0.3 is 20.1 Å². The summed E-state index contributed by atoms with van der Waals surface area (Å²) in [6, 6.07) is 4.85. The van der Waals surface area contributed by atoms with E-state index in [-0.39, 0.29) is 43.0 Å². The van der Waals surface area contributed by atoms with Gasteiger partial charge in [-0.3, -0.25) is 15.0 Å². The second-order valence-corrected chi connectivity index (χ2v) is 6.50. The summed E-state index contributed by atoms with van der Waals surface area (Å²) in [4.78, 5) is 24.9. The normalized spacial score (nSPS) is 14.8. The van der Waals surface area contributed by atoms with Crippen molar-refractivity contribution in [3.8, 4) is 0 Å². The molecule has 8 heteroatoms. The van der Waals surface area contributed by atoms with Crippen LogP contribution in [0.4, 0.5) is 4.39 Å². The third-order valence-electron chi connectivity index (χ3n) is 4.45. The van der Waals surface area contributed by atoms with Crippen LogP contribution in [0.1, 0.15) is 43.7 Å². The molecule has 0 spiro atoms. The van der Waals surface area contributed by atoms with Crippen molar-refractivity contribution in [2.75, 3.05) is 13.1 Å². The molecule has 0 aliphatic carbocycles. The molecule has 148 valence electrons. The zero-order chi connectivity index (χ0) is 19.8. The summed E-state index contributed by atoms with van der Waals surface area (Å²) in [5.74, 6) is -1.29. The molecule has 1 aliphatic rings. The number of ether oxygens (including phenoxy) is 2. The topological polar surface area (TPSA) is 106 Å². The molecular formula is C19H26FN3O4. The maximum absolute atomic E-state index is 14.6. The lowest BCUT2D eigenvalue weighted by atomic mass is 10.1. The summed E-state index contributed by atoms with van der Waals surface area (Å²) >= 11 is 0. The molecule has 0 radical (unpaired) electrons. The number of nitrogens with zero attached hydrogens (tertiary/aromatic N) is 1. The van der Waals surface area contributed by atoms with Crippen LogP contribution in [0.3, 0.4) is 0 Å². The van der Waals surface area contributed by atoms with Crippen LogP contribution >= 0.6 is 0 Å². The van der Waals surface area contributed by atoms with Crippen molar-refractivity contribution >= 4 is 17.7 Å². The van der Waals surface area contributed by atoms with Crippen molar-refractivity contribution < 1.29 is 23.5 Å². The van der Waals surface area contributed by atoms with Crippen LogP contribution in [0.2, 0.25) is 0 Å². The Balaban J connectivity index is 1.84. The molecule has 0 bridgehead atoms. The lowest BCUT2D eigenvalue weighted by Gasteiger charge is -2.31. The Morgan fingerprint density at radius 2 is 1.89 bits per heavy atom. The number of halogens is 1. The number of amides is 1. The van der Waals surface area contributed by atoms with E-state index in [1.165, 1.54) is 6.07 Å². The Labute approximate surface area is 158 Å². The number of hydrogen-bond acceptors (Lipinski definition) is 5. The van der Waals surface area contributed by atoms with Crippen molar-refractivity contribution in [1.29, 1.82) is 5.41 Å². The predicted molar refractivity (Wildman–Crippen MR) is 97.4 cm³/mol. The Hall–Kier alpha value is -2.48. The molecule has 27 heavy (non-hydrogen) atoms. The quantitative estimate of drug-likeness (QED) is 0.409. The van der Waals surface area contributed by atoms with Gasteiger partial charge in [0.25, 0.3) is 0 Å². The maximum Gasteiger partial charge on any atom is 0.313 e. The zero-order valence-corrected chi connectivity index (χ0v) is 15.5. The highest BCUT2D eigenvalue weighted by atomic mass is 19.1. The van der Waals surface area contributed by atoms with E-state index in [0.29, 0.717) is 25.1 Å².